The molecule has 8 heteroatoms. The summed E-state index contributed by atoms with van der Waals surface area (Å²) in [6, 6.07) is 1.41. The molecule has 0 unspecified atom stereocenters. The normalized spacial score (nSPS) is 22.8. The van der Waals surface area contributed by atoms with Gasteiger partial charge in [0.05, 0.1) is 41.2 Å². The summed E-state index contributed by atoms with van der Waals surface area (Å²) in [4.78, 5) is 23.2. The van der Waals surface area contributed by atoms with Crippen LogP contribution in [-0.2, 0) is 0 Å². The fourth-order valence-corrected chi connectivity index (χ4v) is 3.88. The molecule has 0 aromatic carbocycles. The van der Waals surface area contributed by atoms with Crippen LogP contribution in [0.2, 0.25) is 0 Å². The maximum atomic E-state index is 13.2. The average Bonchev–Trinajstić information content (AvgIpc) is 3.34. The van der Waals surface area contributed by atoms with Crippen LogP contribution in [0.3, 0.4) is 0 Å². The van der Waals surface area contributed by atoms with Crippen molar-refractivity contribution in [2.75, 3.05) is 7.05 Å². The van der Waals surface area contributed by atoms with Crippen LogP contribution in [0.25, 0.3) is 11.1 Å². The molecule has 0 aliphatic heterocycles. The maximum absolute atomic E-state index is 13.2. The molecule has 3 heterocycles. The van der Waals surface area contributed by atoms with Crippen molar-refractivity contribution in [2.45, 2.75) is 44.9 Å². The first-order valence-corrected chi connectivity index (χ1v) is 8.63. The number of nitrogens with zero attached hydrogens (tertiary/aromatic N) is 5. The van der Waals surface area contributed by atoms with Crippen molar-refractivity contribution in [2.24, 2.45) is 0 Å². The van der Waals surface area contributed by atoms with Gasteiger partial charge in [0, 0.05) is 25.1 Å². The standard InChI is InChI=1S/C18H21N5O3/c1-10-8-12(15-11(2)21-26-17(15)20-10)18(25)22(3)13-4-5-14(16(13)24)23-7-6-19-9-23/h6-9,13-14,16,24H,4-5H2,1-3H3/t13-,14-,16-/m1/s1. The van der Waals surface area contributed by atoms with Crippen LogP contribution in [0.15, 0.2) is 29.3 Å². The first-order chi connectivity index (χ1) is 12.5. The van der Waals surface area contributed by atoms with Gasteiger partial charge in [-0.1, -0.05) is 5.16 Å². The number of amides is 1. The fourth-order valence-electron chi connectivity index (χ4n) is 3.88. The van der Waals surface area contributed by atoms with Crippen molar-refractivity contribution in [3.63, 3.8) is 0 Å². The van der Waals surface area contributed by atoms with Crippen molar-refractivity contribution in [3.05, 3.63) is 41.7 Å². The Balaban J connectivity index is 1.64. The summed E-state index contributed by atoms with van der Waals surface area (Å²) in [7, 11) is 1.73. The van der Waals surface area contributed by atoms with Gasteiger partial charge in [0.2, 0.25) is 0 Å². The van der Waals surface area contributed by atoms with Gasteiger partial charge in [-0.15, -0.1) is 0 Å². The number of hydrogen-bond donors (Lipinski definition) is 1. The molecule has 0 saturated heterocycles. The number of imidazole rings is 1. The van der Waals surface area contributed by atoms with Gasteiger partial charge < -0.3 is 19.1 Å². The first kappa shape index (κ1) is 16.7. The minimum Gasteiger partial charge on any atom is -0.389 e. The molecule has 3 atom stereocenters. The van der Waals surface area contributed by atoms with E-state index >= 15 is 0 Å². The summed E-state index contributed by atoms with van der Waals surface area (Å²) in [5, 5.41) is 15.3. The number of carbonyl (C=O) groups excluding carboxylic acids is 1. The van der Waals surface area contributed by atoms with E-state index in [0.717, 1.165) is 12.8 Å². The van der Waals surface area contributed by atoms with Crippen molar-refractivity contribution in [3.8, 4) is 0 Å². The van der Waals surface area contributed by atoms with Crippen LogP contribution in [-0.4, -0.2) is 54.8 Å². The molecule has 1 aliphatic rings. The molecule has 3 aromatic heterocycles. The third kappa shape index (κ3) is 2.57. The molecule has 1 N–H and O–H groups in total. The number of fused-ring (bicyclic) bond motifs is 1. The van der Waals surface area contributed by atoms with Gasteiger partial charge in [-0.05, 0) is 32.8 Å². The number of carbonyl (C=O) groups is 1. The molecule has 1 amide bonds. The molecule has 4 rings (SSSR count). The Hall–Kier alpha value is -2.74. The van der Waals surface area contributed by atoms with Gasteiger partial charge in [-0.25, -0.2) is 9.97 Å². The van der Waals surface area contributed by atoms with E-state index in [2.05, 4.69) is 15.1 Å². The van der Waals surface area contributed by atoms with E-state index in [0.29, 0.717) is 28.1 Å². The fraction of sp³-hybridized carbons (Fsp3) is 0.444. The second-order valence-electron chi connectivity index (χ2n) is 6.89. The van der Waals surface area contributed by atoms with Crippen LogP contribution in [0, 0.1) is 13.8 Å². The molecule has 0 spiro atoms. The lowest BCUT2D eigenvalue weighted by Gasteiger charge is -2.29. The zero-order valence-corrected chi connectivity index (χ0v) is 15.0. The Kier molecular flexibility index (Phi) is 3.99. The Bertz CT molecular complexity index is 949. The highest BCUT2D eigenvalue weighted by molar-refractivity contribution is 6.06. The van der Waals surface area contributed by atoms with Crippen molar-refractivity contribution in [1.29, 1.82) is 0 Å². The second-order valence-corrected chi connectivity index (χ2v) is 6.89. The number of likely N-dealkylation sites (N-methyl/N-ethyl adjacent to an activating group) is 1. The Labute approximate surface area is 150 Å². The molecular formula is C18H21N5O3. The summed E-state index contributed by atoms with van der Waals surface area (Å²) in [6.45, 7) is 3.60. The summed E-state index contributed by atoms with van der Waals surface area (Å²) in [6.07, 6.45) is 6.10. The maximum Gasteiger partial charge on any atom is 0.258 e. The molecule has 26 heavy (non-hydrogen) atoms. The van der Waals surface area contributed by atoms with E-state index in [1.165, 1.54) is 0 Å². The smallest absolute Gasteiger partial charge is 0.258 e. The predicted octanol–water partition coefficient (Wildman–Crippen LogP) is 1.87. The lowest BCUT2D eigenvalue weighted by molar-refractivity contribution is 0.0444. The second kappa shape index (κ2) is 6.21. The van der Waals surface area contributed by atoms with Gasteiger partial charge in [-0.2, -0.15) is 0 Å². The van der Waals surface area contributed by atoms with Crippen LogP contribution < -0.4 is 0 Å². The van der Waals surface area contributed by atoms with E-state index in [9.17, 15) is 9.90 Å². The monoisotopic (exact) mass is 355 g/mol. The molecule has 1 saturated carbocycles. The third-order valence-electron chi connectivity index (χ3n) is 5.25. The summed E-state index contributed by atoms with van der Waals surface area (Å²) in [5.74, 6) is -0.165. The number of pyridine rings is 1. The quantitative estimate of drug-likeness (QED) is 0.770. The molecule has 3 aromatic rings. The van der Waals surface area contributed by atoms with Crippen LogP contribution >= 0.6 is 0 Å². The zero-order valence-electron chi connectivity index (χ0n) is 15.0. The van der Waals surface area contributed by atoms with Gasteiger partial charge in [0.15, 0.2) is 0 Å². The average molecular weight is 355 g/mol. The number of aliphatic hydroxyl groups is 1. The molecule has 1 aliphatic carbocycles. The van der Waals surface area contributed by atoms with Crippen LogP contribution in [0.5, 0.6) is 0 Å². The van der Waals surface area contributed by atoms with E-state index in [-0.39, 0.29) is 18.0 Å². The van der Waals surface area contributed by atoms with E-state index in [1.807, 2.05) is 17.7 Å². The minimum absolute atomic E-state index is 0.0747. The van der Waals surface area contributed by atoms with E-state index in [4.69, 9.17) is 4.52 Å². The number of aliphatic hydroxyl groups excluding tert-OH is 1. The van der Waals surface area contributed by atoms with Crippen molar-refractivity contribution >= 4 is 17.0 Å². The lowest BCUT2D eigenvalue weighted by atomic mass is 10.1. The van der Waals surface area contributed by atoms with Gasteiger partial charge in [0.1, 0.15) is 0 Å². The largest absolute Gasteiger partial charge is 0.389 e. The highest BCUT2D eigenvalue weighted by atomic mass is 16.5. The number of aromatic nitrogens is 4. The Morgan fingerprint density at radius 1 is 1.38 bits per heavy atom. The Morgan fingerprint density at radius 3 is 2.92 bits per heavy atom. The van der Waals surface area contributed by atoms with Crippen molar-refractivity contribution < 1.29 is 14.4 Å². The van der Waals surface area contributed by atoms with Gasteiger partial charge in [0.25, 0.3) is 11.6 Å². The van der Waals surface area contributed by atoms with Crippen LogP contribution in [0.4, 0.5) is 0 Å². The van der Waals surface area contributed by atoms with E-state index in [1.54, 1.807) is 37.5 Å². The highest BCUT2D eigenvalue weighted by Crippen LogP contribution is 2.34. The number of aryl methyl sites for hydroxylation is 2. The van der Waals surface area contributed by atoms with Gasteiger partial charge in [-0.3, -0.25) is 4.79 Å². The third-order valence-corrected chi connectivity index (χ3v) is 5.25. The first-order valence-electron chi connectivity index (χ1n) is 8.63. The molecule has 136 valence electrons. The highest BCUT2D eigenvalue weighted by Gasteiger charge is 2.40. The SMILES string of the molecule is Cc1cc(C(=O)N(C)[C@@H]2CC[C@@H](n3ccnc3)[C@@H]2O)c2c(C)noc2n1. The predicted molar refractivity (Wildman–Crippen MR) is 93.7 cm³/mol. The zero-order chi connectivity index (χ0) is 18.4. The van der Waals surface area contributed by atoms with Gasteiger partial charge >= 0.3 is 0 Å². The molecular weight excluding hydrogens is 334 g/mol. The molecule has 0 radical (unpaired) electrons. The lowest BCUT2D eigenvalue weighted by Crippen LogP contribution is -2.43. The van der Waals surface area contributed by atoms with Crippen molar-refractivity contribution in [1.82, 2.24) is 24.6 Å². The number of hydrogen-bond acceptors (Lipinski definition) is 6. The molecule has 8 nitrogen and oxygen atoms in total. The topological polar surface area (TPSA) is 97.3 Å². The molecule has 1 fully saturated rings. The summed E-state index contributed by atoms with van der Waals surface area (Å²) >= 11 is 0. The molecule has 0 bridgehead atoms. The minimum atomic E-state index is -0.653. The summed E-state index contributed by atoms with van der Waals surface area (Å²) in [5.41, 5.74) is 2.19. The Morgan fingerprint density at radius 2 is 2.19 bits per heavy atom. The van der Waals surface area contributed by atoms with E-state index < -0.39 is 6.10 Å². The number of rotatable bonds is 3. The summed E-state index contributed by atoms with van der Waals surface area (Å²) < 4.78 is 7.13. The van der Waals surface area contributed by atoms with Crippen LogP contribution in [0.1, 0.15) is 40.6 Å².